The molecule has 0 saturated carbocycles. The first-order valence-electron chi connectivity index (χ1n) is 9.03. The van der Waals surface area contributed by atoms with Gasteiger partial charge in [-0.05, 0) is 36.3 Å². The van der Waals surface area contributed by atoms with Gasteiger partial charge in [-0.15, -0.1) is 0 Å². The van der Waals surface area contributed by atoms with E-state index in [1.165, 1.54) is 13.2 Å². The molecule has 2 aromatic rings. The number of aliphatic carboxylic acids is 1. The van der Waals surface area contributed by atoms with Crippen molar-refractivity contribution in [2.45, 2.75) is 19.8 Å². The summed E-state index contributed by atoms with van der Waals surface area (Å²) in [5.74, 6) is -1.30. The molecule has 148 valence electrons. The van der Waals surface area contributed by atoms with Crippen LogP contribution in [0.4, 0.5) is 10.5 Å². The molecule has 1 aromatic carbocycles. The molecular weight excluding hydrogens is 358 g/mol. The maximum Gasteiger partial charge on any atom is 0.371 e. The number of methoxy groups -OCH3 is 1. The third-order valence-electron chi connectivity index (χ3n) is 4.16. The molecule has 0 unspecified atom stereocenters. The van der Waals surface area contributed by atoms with Crippen molar-refractivity contribution in [3.63, 3.8) is 0 Å². The van der Waals surface area contributed by atoms with Crippen molar-refractivity contribution < 1.29 is 19.4 Å². The van der Waals surface area contributed by atoms with Gasteiger partial charge in [0.25, 0.3) is 0 Å². The minimum absolute atomic E-state index is 0.153. The van der Waals surface area contributed by atoms with Crippen LogP contribution in [0.3, 0.4) is 0 Å². The van der Waals surface area contributed by atoms with Gasteiger partial charge in [0.1, 0.15) is 0 Å². The Morgan fingerprint density at radius 1 is 1.29 bits per heavy atom. The van der Waals surface area contributed by atoms with Crippen molar-refractivity contribution in [1.82, 2.24) is 10.3 Å². The Labute approximate surface area is 164 Å². The molecule has 0 atom stereocenters. The van der Waals surface area contributed by atoms with Gasteiger partial charge in [0.15, 0.2) is 0 Å². The molecule has 7 heteroatoms. The number of nitrogens with zero attached hydrogens (tertiary/aromatic N) is 2. The van der Waals surface area contributed by atoms with Gasteiger partial charge >= 0.3 is 12.0 Å². The lowest BCUT2D eigenvalue weighted by Gasteiger charge is -2.18. The van der Waals surface area contributed by atoms with Crippen LogP contribution in [0.1, 0.15) is 25.3 Å². The predicted octanol–water partition coefficient (Wildman–Crippen LogP) is 3.77. The van der Waals surface area contributed by atoms with E-state index in [9.17, 15) is 9.59 Å². The number of unbranched alkanes of at least 4 members (excludes halogenated alkanes) is 1. The third kappa shape index (κ3) is 5.57. The van der Waals surface area contributed by atoms with E-state index in [0.29, 0.717) is 17.8 Å². The second-order valence-electron chi connectivity index (χ2n) is 6.19. The molecule has 2 amide bonds. The maximum absolute atomic E-state index is 12.2. The van der Waals surface area contributed by atoms with Crippen molar-refractivity contribution >= 4 is 23.8 Å². The van der Waals surface area contributed by atoms with Gasteiger partial charge < -0.3 is 15.2 Å². The SMILES string of the molecule is CCCCNC(=O)N(C)c1cccc(-c2ccc(/C=C(/OC)C(=O)O)cn2)c1. The molecule has 0 aliphatic heterocycles. The molecule has 0 radical (unpaired) electrons. The lowest BCUT2D eigenvalue weighted by atomic mass is 10.1. The summed E-state index contributed by atoms with van der Waals surface area (Å²) >= 11 is 0. The number of carbonyl (C=O) groups is 2. The van der Waals surface area contributed by atoms with Gasteiger partial charge in [-0.25, -0.2) is 9.59 Å². The number of ether oxygens (including phenoxy) is 1. The molecule has 0 spiro atoms. The van der Waals surface area contributed by atoms with Crippen LogP contribution in [0.15, 0.2) is 48.4 Å². The first-order chi connectivity index (χ1) is 13.5. The van der Waals surface area contributed by atoms with Crippen LogP contribution in [0.2, 0.25) is 0 Å². The molecule has 0 aliphatic rings. The number of hydrogen-bond donors (Lipinski definition) is 2. The van der Waals surface area contributed by atoms with Crippen LogP contribution < -0.4 is 10.2 Å². The Balaban J connectivity index is 2.17. The lowest BCUT2D eigenvalue weighted by Crippen LogP contribution is -2.37. The fourth-order valence-corrected chi connectivity index (χ4v) is 2.50. The number of carbonyl (C=O) groups excluding carboxylic acids is 1. The van der Waals surface area contributed by atoms with Crippen LogP contribution in [0, 0.1) is 0 Å². The zero-order valence-corrected chi connectivity index (χ0v) is 16.3. The third-order valence-corrected chi connectivity index (χ3v) is 4.16. The highest BCUT2D eigenvalue weighted by molar-refractivity contribution is 5.92. The van der Waals surface area contributed by atoms with Crippen LogP contribution in [-0.2, 0) is 9.53 Å². The van der Waals surface area contributed by atoms with Crippen LogP contribution in [-0.4, -0.2) is 42.8 Å². The average Bonchev–Trinajstić information content (AvgIpc) is 2.71. The van der Waals surface area contributed by atoms with Crippen LogP contribution in [0.5, 0.6) is 0 Å². The molecular formula is C21H25N3O4. The van der Waals surface area contributed by atoms with Crippen LogP contribution in [0.25, 0.3) is 17.3 Å². The summed E-state index contributed by atoms with van der Waals surface area (Å²) in [5.41, 5.74) is 2.94. The number of anilines is 1. The molecule has 2 rings (SSSR count). The number of benzene rings is 1. The number of rotatable bonds is 8. The summed E-state index contributed by atoms with van der Waals surface area (Å²) in [6.07, 6.45) is 4.95. The normalized spacial score (nSPS) is 11.0. The van der Waals surface area contributed by atoms with Crippen molar-refractivity contribution in [1.29, 1.82) is 0 Å². The minimum atomic E-state index is -1.14. The molecule has 0 fully saturated rings. The van der Waals surface area contributed by atoms with Gasteiger partial charge in [-0.3, -0.25) is 9.88 Å². The van der Waals surface area contributed by atoms with Crippen molar-refractivity contribution in [2.75, 3.05) is 25.6 Å². The standard InChI is InChI=1S/C21H25N3O4/c1-4-5-11-22-21(27)24(2)17-8-6-7-16(13-17)18-10-9-15(14-23-18)12-19(28-3)20(25)26/h6-10,12-14H,4-5,11H2,1-3H3,(H,22,27)(H,25,26)/b19-12+. The number of carboxylic acid groups (broad SMARTS) is 1. The highest BCUT2D eigenvalue weighted by atomic mass is 16.5. The van der Waals surface area contributed by atoms with E-state index in [1.807, 2.05) is 24.3 Å². The molecule has 1 aromatic heterocycles. The molecule has 1 heterocycles. The highest BCUT2D eigenvalue weighted by Gasteiger charge is 2.11. The minimum Gasteiger partial charge on any atom is -0.490 e. The molecule has 28 heavy (non-hydrogen) atoms. The number of carboxylic acids is 1. The van der Waals surface area contributed by atoms with Crippen molar-refractivity contribution in [2.24, 2.45) is 0 Å². The fourth-order valence-electron chi connectivity index (χ4n) is 2.50. The highest BCUT2D eigenvalue weighted by Crippen LogP contribution is 2.23. The molecule has 0 saturated heterocycles. The number of pyridine rings is 1. The number of hydrogen-bond acceptors (Lipinski definition) is 4. The summed E-state index contributed by atoms with van der Waals surface area (Å²) in [6.45, 7) is 2.72. The van der Waals surface area contributed by atoms with E-state index in [2.05, 4.69) is 17.2 Å². The van der Waals surface area contributed by atoms with E-state index in [1.54, 1.807) is 30.3 Å². The first-order valence-corrected chi connectivity index (χ1v) is 9.03. The Morgan fingerprint density at radius 2 is 2.07 bits per heavy atom. The lowest BCUT2D eigenvalue weighted by molar-refractivity contribution is -0.135. The Kier molecular flexibility index (Phi) is 7.56. The zero-order valence-electron chi connectivity index (χ0n) is 16.3. The van der Waals surface area contributed by atoms with Crippen LogP contribution >= 0.6 is 0 Å². The summed E-state index contributed by atoms with van der Waals surface area (Å²) in [6, 6.07) is 10.9. The molecule has 0 aliphatic carbocycles. The second kappa shape index (κ2) is 10.1. The Bertz CT molecular complexity index is 847. The van der Waals surface area contributed by atoms with Gasteiger partial charge in [0, 0.05) is 31.0 Å². The average molecular weight is 383 g/mol. The van der Waals surface area contributed by atoms with E-state index >= 15 is 0 Å². The summed E-state index contributed by atoms with van der Waals surface area (Å²) in [7, 11) is 3.03. The monoisotopic (exact) mass is 383 g/mol. The maximum atomic E-state index is 12.2. The Hall–Kier alpha value is -3.35. The van der Waals surface area contributed by atoms with E-state index < -0.39 is 5.97 Å². The largest absolute Gasteiger partial charge is 0.490 e. The Morgan fingerprint density at radius 3 is 2.68 bits per heavy atom. The number of amides is 2. The molecule has 7 nitrogen and oxygen atoms in total. The second-order valence-corrected chi connectivity index (χ2v) is 6.19. The first kappa shape index (κ1) is 21.0. The van der Waals surface area contributed by atoms with Gasteiger partial charge in [-0.1, -0.05) is 31.5 Å². The quantitative estimate of drug-likeness (QED) is 0.411. The number of aromatic nitrogens is 1. The zero-order chi connectivity index (χ0) is 20.5. The summed E-state index contributed by atoms with van der Waals surface area (Å²) in [5, 5.41) is 11.9. The predicted molar refractivity (Wildman–Crippen MR) is 109 cm³/mol. The smallest absolute Gasteiger partial charge is 0.371 e. The topological polar surface area (TPSA) is 91.8 Å². The van der Waals surface area contributed by atoms with E-state index in [0.717, 1.165) is 24.1 Å². The molecule has 0 bridgehead atoms. The van der Waals surface area contributed by atoms with E-state index in [4.69, 9.17) is 9.84 Å². The fraction of sp³-hybridized carbons (Fsp3) is 0.286. The van der Waals surface area contributed by atoms with Gasteiger partial charge in [0.05, 0.1) is 12.8 Å². The summed E-state index contributed by atoms with van der Waals surface area (Å²) < 4.78 is 4.82. The van der Waals surface area contributed by atoms with E-state index in [-0.39, 0.29) is 11.8 Å². The van der Waals surface area contributed by atoms with Crippen molar-refractivity contribution in [3.8, 4) is 11.3 Å². The molecule has 2 N–H and O–H groups in total. The van der Waals surface area contributed by atoms with Gasteiger partial charge in [-0.2, -0.15) is 0 Å². The van der Waals surface area contributed by atoms with Crippen molar-refractivity contribution in [3.05, 3.63) is 53.9 Å². The number of nitrogens with one attached hydrogen (secondary N) is 1. The van der Waals surface area contributed by atoms with Gasteiger partial charge in [0.2, 0.25) is 5.76 Å². The summed E-state index contributed by atoms with van der Waals surface area (Å²) in [4.78, 5) is 29.2. The number of urea groups is 1.